The van der Waals surface area contributed by atoms with E-state index in [1.54, 1.807) is 61.1 Å². The number of hydrogen-bond donors (Lipinski definition) is 4. The topological polar surface area (TPSA) is 243 Å². The van der Waals surface area contributed by atoms with Crippen LogP contribution in [-0.2, 0) is 71.9 Å². The van der Waals surface area contributed by atoms with Crippen LogP contribution in [0.15, 0.2) is 90.8 Å². The van der Waals surface area contributed by atoms with Gasteiger partial charge < -0.3 is 16.3 Å². The maximum atomic E-state index is 13.1. The van der Waals surface area contributed by atoms with E-state index in [2.05, 4.69) is 45.6 Å². The van der Waals surface area contributed by atoms with Gasteiger partial charge in [0, 0.05) is 116 Å². The molecule has 0 saturated heterocycles. The number of hydrogen-bond acceptors (Lipinski definition) is 15. The Morgan fingerprint density at radius 3 is 1.39 bits per heavy atom. The Hall–Kier alpha value is -8.26. The zero-order valence-corrected chi connectivity index (χ0v) is 63.8. The molecule has 0 spiro atoms. The predicted molar refractivity (Wildman–Crippen MR) is 388 cm³/mol. The highest BCUT2D eigenvalue weighted by Crippen LogP contribution is 2.32. The average Bonchev–Trinajstić information content (AvgIpc) is 1.67. The van der Waals surface area contributed by atoms with Crippen molar-refractivity contribution in [3.63, 3.8) is 0 Å². The molecule has 0 aliphatic carbocycles. The number of carbonyl (C=O) groups is 2. The van der Waals surface area contributed by atoms with Crippen molar-refractivity contribution >= 4 is 63.0 Å². The first kappa shape index (κ1) is 90.0. The summed E-state index contributed by atoms with van der Waals surface area (Å²) in [6, 6.07) is 19.0. The standard InChI is InChI=1S/C22H23F3N6S.C19H21F3N2OS.C11H16F3N3S.C9H14F3N3.C7H11NO.C2H8N2/c1-14-10-30(13-27-14)19-6-5-15(9-26-19)17-11-32-20(28-17)8-16-7-18(21(2,3)4)29-31(16)12-22(23,24)25;1-18(2,3)17-10-14(24(23-17)12-19(20,21)22)9-15(26)11-16(25)13-7-5-4-6-8-13;1-10(2,3)8-4-7(5-9(15)18)17(16-8)6-11(12,13)14;1-8(2,3)6-4-7(13)15(14-6)5-9(10,11)12;1-7(2,3)6(9)5-8-4;1-2-4-3/h5-7,9-11,13H,8,12H2,1-4H3;4-8,10H,9,11-12H2,1-3H3;4H,5-6H2,1-3H3,(H2,15,18);4H,5,13H2,1-3H3;5H2,1-3H3;4H,2-3H2,1H3. The number of nitrogens with one attached hydrogen (secondary N) is 1. The number of benzene rings is 1. The summed E-state index contributed by atoms with van der Waals surface area (Å²) in [5, 5.41) is 18.8. The van der Waals surface area contributed by atoms with Crippen molar-refractivity contribution in [3.8, 4) is 17.1 Å². The molecule has 7 heterocycles. The summed E-state index contributed by atoms with van der Waals surface area (Å²) >= 11 is 11.4. The number of thiazole rings is 1. The number of nitrogens with zero attached hydrogens (tertiary/aromatic N) is 13. The van der Waals surface area contributed by atoms with Gasteiger partial charge in [0.05, 0.1) is 44.2 Å². The smallest absolute Gasteiger partial charge is 0.393 e. The van der Waals surface area contributed by atoms with Gasteiger partial charge in [-0.3, -0.25) is 39.5 Å². The largest absolute Gasteiger partial charge is 0.408 e. The third-order valence-corrected chi connectivity index (χ3v) is 15.4. The van der Waals surface area contributed by atoms with Gasteiger partial charge in [-0.15, -0.1) is 11.3 Å². The van der Waals surface area contributed by atoms with Gasteiger partial charge in [0.1, 0.15) is 44.1 Å². The van der Waals surface area contributed by atoms with Crippen LogP contribution in [0.25, 0.3) is 21.9 Å². The fraction of sp³-hybridized carbons (Fsp3) is 0.514. The minimum absolute atomic E-state index is 0.0116. The molecule has 0 fully saturated rings. The number of alkyl halides is 12. The summed E-state index contributed by atoms with van der Waals surface area (Å²) in [4.78, 5) is 39.9. The van der Waals surface area contributed by atoms with Crippen LogP contribution < -0.4 is 22.7 Å². The second kappa shape index (κ2) is 37.1. The Balaban J connectivity index is 0.000000351. The number of rotatable bonds is 17. The minimum atomic E-state index is -4.38. The van der Waals surface area contributed by atoms with Gasteiger partial charge in [0.25, 0.3) is 6.54 Å². The van der Waals surface area contributed by atoms with E-state index in [0.29, 0.717) is 50.3 Å². The number of carbonyl (C=O) groups excluding carboxylic acids is 2. The van der Waals surface area contributed by atoms with E-state index < -0.39 is 50.9 Å². The number of nitrogen functional groups attached to an aromatic ring is 1. The molecule has 572 valence electrons. The lowest BCUT2D eigenvalue weighted by molar-refractivity contribution is -0.144. The molecular formula is C70H93F12N17O2S3. The molecule has 8 aromatic rings. The fourth-order valence-electron chi connectivity index (χ4n) is 8.48. The van der Waals surface area contributed by atoms with Gasteiger partial charge in [-0.05, 0) is 37.3 Å². The quantitative estimate of drug-likeness (QED) is 0.0165. The number of aromatic nitrogens is 12. The fourth-order valence-corrected chi connectivity index (χ4v) is 9.73. The van der Waals surface area contributed by atoms with Gasteiger partial charge in [-0.1, -0.05) is 166 Å². The number of aryl methyl sites for hydroxylation is 1. The molecule has 0 saturated carbocycles. The zero-order chi connectivity index (χ0) is 79.5. The van der Waals surface area contributed by atoms with E-state index in [9.17, 15) is 62.3 Å². The van der Waals surface area contributed by atoms with Crippen molar-refractivity contribution in [3.05, 3.63) is 158 Å². The van der Waals surface area contributed by atoms with Crippen molar-refractivity contribution < 1.29 is 62.3 Å². The van der Waals surface area contributed by atoms with Gasteiger partial charge >= 0.3 is 24.7 Å². The number of imidazole rings is 1. The summed E-state index contributed by atoms with van der Waals surface area (Å²) in [7, 11) is 0. The molecule has 104 heavy (non-hydrogen) atoms. The lowest BCUT2D eigenvalue weighted by atomic mass is 9.91. The van der Waals surface area contributed by atoms with E-state index in [1.807, 2.05) is 146 Å². The maximum Gasteiger partial charge on any atom is 0.408 e. The number of halogens is 12. The van der Waals surface area contributed by atoms with Crippen LogP contribution in [0.2, 0.25) is 0 Å². The molecule has 0 amide bonds. The van der Waals surface area contributed by atoms with Crippen LogP contribution in [0.4, 0.5) is 58.5 Å². The molecule has 0 aliphatic rings. The van der Waals surface area contributed by atoms with E-state index in [-0.39, 0.29) is 81.7 Å². The van der Waals surface area contributed by atoms with Gasteiger partial charge in [0.15, 0.2) is 5.78 Å². The zero-order valence-electron chi connectivity index (χ0n) is 61.4. The molecule has 8 rings (SSSR count). The molecule has 7 N–H and O–H groups in total. The SMILES string of the molecule is CC(C)(C)c1cc(CC(=S)CC(=O)c2ccccc2)n(CC(F)(F)F)n1.CC(C)(C)c1cc(CC(N)=S)n(CC(F)(F)F)n1.CC(C)(C)c1cc(N)n(CC(F)(F)F)n1.CCNN.Cc1cn(-c2ccc(-c3csc(Cc4cc(C(C)(C)C)nn4CC(F)(F)F)n3)cn2)cn1.[C-]#[N+]CC(=O)C(C)(C)C. The normalized spacial score (nSPS) is 12.2. The molecule has 0 aliphatic heterocycles. The van der Waals surface area contributed by atoms with E-state index >= 15 is 0 Å². The molecule has 0 bridgehead atoms. The van der Waals surface area contributed by atoms with Crippen molar-refractivity contribution in [1.29, 1.82) is 0 Å². The van der Waals surface area contributed by atoms with Crippen LogP contribution >= 0.6 is 35.8 Å². The summed E-state index contributed by atoms with van der Waals surface area (Å²) in [6.07, 6.45) is -11.5. The monoisotopic (exact) mass is 1530 g/mol. The average molecular weight is 1530 g/mol. The minimum Gasteiger partial charge on any atom is -0.393 e. The van der Waals surface area contributed by atoms with Crippen molar-refractivity contribution in [2.45, 2.75) is 216 Å². The Morgan fingerprint density at radius 1 is 0.606 bits per heavy atom. The first-order valence-electron chi connectivity index (χ1n) is 32.3. The Labute approximate surface area is 613 Å². The Kier molecular flexibility index (Phi) is 32.1. The number of anilines is 1. The van der Waals surface area contributed by atoms with Crippen molar-refractivity contribution in [2.24, 2.45) is 17.0 Å². The molecular weight excluding hydrogens is 1440 g/mol. The van der Waals surface area contributed by atoms with Crippen molar-refractivity contribution in [2.75, 3.05) is 18.8 Å². The van der Waals surface area contributed by atoms with Crippen LogP contribution in [0.3, 0.4) is 0 Å². The summed E-state index contributed by atoms with van der Waals surface area (Å²) in [6.45, 7) is 34.7. The van der Waals surface area contributed by atoms with Gasteiger partial charge in [-0.25, -0.2) is 26.2 Å². The number of pyridine rings is 1. The second-order valence-electron chi connectivity index (χ2n) is 29.1. The first-order chi connectivity index (χ1) is 47.4. The molecule has 0 radical (unpaired) electrons. The Bertz CT molecular complexity index is 4100. The second-order valence-corrected chi connectivity index (χ2v) is 31.2. The summed E-state index contributed by atoms with van der Waals surface area (Å²) < 4.78 is 157. The number of Topliss-reactive ketones (excluding diaryl/α,β-unsaturated/α-hetero) is 2. The third-order valence-electron chi connectivity index (χ3n) is 14.1. The number of thiocarbonyl (C=S) groups is 2. The summed E-state index contributed by atoms with van der Waals surface area (Å²) in [5.74, 6) is 5.43. The molecule has 34 heteroatoms. The first-order valence-corrected chi connectivity index (χ1v) is 34.0. The van der Waals surface area contributed by atoms with Crippen LogP contribution in [-0.4, -0.2) is 118 Å². The molecule has 7 aromatic heterocycles. The lowest BCUT2D eigenvalue weighted by Crippen LogP contribution is -2.23. The molecule has 1 aromatic carbocycles. The summed E-state index contributed by atoms with van der Waals surface area (Å²) in [5.41, 5.74) is 18.2. The number of ketones is 2. The highest BCUT2D eigenvalue weighted by molar-refractivity contribution is 7.80. The molecule has 0 atom stereocenters. The number of hydrazine groups is 1. The highest BCUT2D eigenvalue weighted by Gasteiger charge is 2.35. The van der Waals surface area contributed by atoms with E-state index in [4.69, 9.17) is 48.3 Å². The third kappa shape index (κ3) is 32.4. The maximum absolute atomic E-state index is 13.1. The van der Waals surface area contributed by atoms with Crippen LogP contribution in [0.1, 0.15) is 178 Å². The Morgan fingerprint density at radius 2 is 1.03 bits per heavy atom. The van der Waals surface area contributed by atoms with Gasteiger partial charge in [0.2, 0.25) is 5.78 Å². The van der Waals surface area contributed by atoms with Crippen molar-refractivity contribution in [1.82, 2.24) is 64.1 Å². The van der Waals surface area contributed by atoms with Crippen LogP contribution in [0, 0.1) is 18.9 Å². The molecule has 19 nitrogen and oxygen atoms in total. The highest BCUT2D eigenvalue weighted by atomic mass is 32.1. The van der Waals surface area contributed by atoms with E-state index in [0.717, 1.165) is 53.0 Å². The predicted octanol–water partition coefficient (Wildman–Crippen LogP) is 16.2. The van der Waals surface area contributed by atoms with E-state index in [1.165, 1.54) is 17.4 Å². The lowest BCUT2D eigenvalue weighted by Gasteiger charge is -2.14. The van der Waals surface area contributed by atoms with Gasteiger partial charge in [-0.2, -0.15) is 73.1 Å². The van der Waals surface area contributed by atoms with Crippen LogP contribution in [0.5, 0.6) is 0 Å². The molecule has 0 unspecified atom stereocenters. The number of nitrogens with two attached hydrogens (primary N) is 3.